The standard InChI is InChI=1S/C26H35N/c1-18-10-13-24(2)19(17-18)11-14-26(4)22-9-8-20(21-7-5-6-16-27-21)25(22,3)15-12-23(24)26/h5-8,11,16,18,22-23H,9-10,12-15,17H2,1-4H3/t18-,22+,23+,24-,25+,26-/m0/s1. The number of allylic oxidation sites excluding steroid dienone is 4. The summed E-state index contributed by atoms with van der Waals surface area (Å²) in [5.41, 5.74) is 5.74. The van der Waals surface area contributed by atoms with E-state index < -0.39 is 0 Å². The fraction of sp³-hybridized carbons (Fsp3) is 0.654. The van der Waals surface area contributed by atoms with Crippen LogP contribution in [-0.4, -0.2) is 4.98 Å². The summed E-state index contributed by atoms with van der Waals surface area (Å²) in [7, 11) is 0. The van der Waals surface area contributed by atoms with Crippen molar-refractivity contribution in [3.05, 3.63) is 47.8 Å². The van der Waals surface area contributed by atoms with E-state index in [0.717, 1.165) is 17.8 Å². The number of hydrogen-bond donors (Lipinski definition) is 0. The summed E-state index contributed by atoms with van der Waals surface area (Å²) in [5, 5.41) is 0. The molecule has 4 aliphatic carbocycles. The lowest BCUT2D eigenvalue weighted by Gasteiger charge is -2.63. The fourth-order valence-corrected chi connectivity index (χ4v) is 7.96. The zero-order valence-corrected chi connectivity index (χ0v) is 17.6. The number of rotatable bonds is 1. The Labute approximate surface area is 165 Å². The second kappa shape index (κ2) is 5.82. The van der Waals surface area contributed by atoms with E-state index in [-0.39, 0.29) is 0 Å². The Bertz CT molecular complexity index is 805. The first-order valence-electron chi connectivity index (χ1n) is 11.2. The molecule has 2 saturated carbocycles. The van der Waals surface area contributed by atoms with Crippen LogP contribution in [0.4, 0.5) is 0 Å². The Morgan fingerprint density at radius 2 is 1.78 bits per heavy atom. The SMILES string of the molecule is C[C@H]1CC[C@@]2(C)C(=CC[C@]3(C)[C@@H]2CC[C@]2(C)C(c4ccccn4)=CC[C@@H]32)C1. The molecule has 1 nitrogen and oxygen atoms in total. The predicted molar refractivity (Wildman–Crippen MR) is 113 cm³/mol. The molecule has 5 rings (SSSR count). The van der Waals surface area contributed by atoms with Crippen molar-refractivity contribution >= 4 is 5.57 Å². The third kappa shape index (κ3) is 2.33. The molecule has 1 aromatic rings. The highest BCUT2D eigenvalue weighted by atomic mass is 14.7. The molecule has 0 saturated heterocycles. The van der Waals surface area contributed by atoms with Gasteiger partial charge in [0.25, 0.3) is 0 Å². The molecule has 0 unspecified atom stereocenters. The van der Waals surface area contributed by atoms with E-state index in [1.807, 2.05) is 17.8 Å². The smallest absolute Gasteiger partial charge is 0.0664 e. The zero-order chi connectivity index (χ0) is 18.9. The quantitative estimate of drug-likeness (QED) is 0.488. The summed E-state index contributed by atoms with van der Waals surface area (Å²) in [6, 6.07) is 6.40. The first-order valence-corrected chi connectivity index (χ1v) is 11.2. The van der Waals surface area contributed by atoms with Crippen LogP contribution < -0.4 is 0 Å². The Morgan fingerprint density at radius 1 is 0.963 bits per heavy atom. The van der Waals surface area contributed by atoms with Gasteiger partial charge in [-0.15, -0.1) is 0 Å². The normalized spacial score (nSPS) is 46.0. The van der Waals surface area contributed by atoms with Gasteiger partial charge >= 0.3 is 0 Å². The molecule has 0 N–H and O–H groups in total. The van der Waals surface area contributed by atoms with Crippen LogP contribution in [0.1, 0.15) is 78.3 Å². The van der Waals surface area contributed by atoms with Crippen LogP contribution in [0.15, 0.2) is 42.1 Å². The molecule has 0 aliphatic heterocycles. The summed E-state index contributed by atoms with van der Waals surface area (Å²) in [6.45, 7) is 10.3. The first kappa shape index (κ1) is 17.7. The fourth-order valence-electron chi connectivity index (χ4n) is 7.96. The van der Waals surface area contributed by atoms with Crippen molar-refractivity contribution < 1.29 is 0 Å². The average molecular weight is 362 g/mol. The summed E-state index contributed by atoms with van der Waals surface area (Å²) >= 11 is 0. The molecule has 4 aliphatic rings. The Hall–Kier alpha value is -1.37. The molecule has 0 spiro atoms. The van der Waals surface area contributed by atoms with Gasteiger partial charge in [0, 0.05) is 6.20 Å². The molecule has 1 aromatic heterocycles. The van der Waals surface area contributed by atoms with Gasteiger partial charge in [-0.3, -0.25) is 4.98 Å². The van der Waals surface area contributed by atoms with Crippen LogP contribution in [-0.2, 0) is 0 Å². The molecular formula is C26H35N. The maximum Gasteiger partial charge on any atom is 0.0664 e. The third-order valence-electron chi connectivity index (χ3n) is 9.44. The van der Waals surface area contributed by atoms with E-state index in [2.05, 4.69) is 52.0 Å². The van der Waals surface area contributed by atoms with Crippen molar-refractivity contribution in [2.75, 3.05) is 0 Å². The summed E-state index contributed by atoms with van der Waals surface area (Å²) in [4.78, 5) is 4.73. The molecule has 27 heavy (non-hydrogen) atoms. The minimum absolute atomic E-state index is 0.295. The topological polar surface area (TPSA) is 12.9 Å². The molecule has 2 fully saturated rings. The molecule has 1 heteroatoms. The van der Waals surface area contributed by atoms with Crippen LogP contribution >= 0.6 is 0 Å². The predicted octanol–water partition coefficient (Wildman–Crippen LogP) is 7.06. The molecular weight excluding hydrogens is 326 g/mol. The van der Waals surface area contributed by atoms with Gasteiger partial charge in [-0.25, -0.2) is 0 Å². The van der Waals surface area contributed by atoms with E-state index >= 15 is 0 Å². The minimum atomic E-state index is 0.295. The number of nitrogens with zero attached hydrogens (tertiary/aromatic N) is 1. The van der Waals surface area contributed by atoms with Crippen LogP contribution in [0.5, 0.6) is 0 Å². The highest BCUT2D eigenvalue weighted by Gasteiger charge is 2.62. The second-order valence-corrected chi connectivity index (χ2v) is 10.8. The summed E-state index contributed by atoms with van der Waals surface area (Å²) in [6.07, 6.45) is 16.6. The van der Waals surface area contributed by atoms with Crippen molar-refractivity contribution in [2.24, 2.45) is 34.0 Å². The molecule has 0 aromatic carbocycles. The molecule has 144 valence electrons. The average Bonchev–Trinajstić information content (AvgIpc) is 3.02. The van der Waals surface area contributed by atoms with Crippen molar-refractivity contribution in [3.8, 4) is 0 Å². The van der Waals surface area contributed by atoms with E-state index in [9.17, 15) is 0 Å². The number of hydrogen-bond acceptors (Lipinski definition) is 1. The highest BCUT2D eigenvalue weighted by molar-refractivity contribution is 5.70. The Morgan fingerprint density at radius 3 is 2.56 bits per heavy atom. The van der Waals surface area contributed by atoms with Crippen LogP contribution in [0.3, 0.4) is 0 Å². The van der Waals surface area contributed by atoms with E-state index in [4.69, 9.17) is 4.98 Å². The van der Waals surface area contributed by atoms with E-state index in [1.165, 1.54) is 56.2 Å². The van der Waals surface area contributed by atoms with E-state index in [0.29, 0.717) is 16.2 Å². The van der Waals surface area contributed by atoms with Gasteiger partial charge < -0.3 is 0 Å². The van der Waals surface area contributed by atoms with Gasteiger partial charge in [0.05, 0.1) is 5.69 Å². The lowest BCUT2D eigenvalue weighted by atomic mass is 9.41. The lowest BCUT2D eigenvalue weighted by molar-refractivity contribution is -0.0833. The third-order valence-corrected chi connectivity index (χ3v) is 9.44. The number of aromatic nitrogens is 1. The first-order chi connectivity index (χ1) is 12.9. The van der Waals surface area contributed by atoms with Crippen molar-refractivity contribution in [1.29, 1.82) is 0 Å². The minimum Gasteiger partial charge on any atom is -0.257 e. The summed E-state index contributed by atoms with van der Waals surface area (Å²) < 4.78 is 0. The van der Waals surface area contributed by atoms with Gasteiger partial charge in [-0.2, -0.15) is 0 Å². The van der Waals surface area contributed by atoms with Gasteiger partial charge in [0.1, 0.15) is 0 Å². The summed E-state index contributed by atoms with van der Waals surface area (Å²) in [5.74, 6) is 2.49. The van der Waals surface area contributed by atoms with E-state index in [1.54, 1.807) is 0 Å². The van der Waals surface area contributed by atoms with Gasteiger partial charge in [0.15, 0.2) is 0 Å². The van der Waals surface area contributed by atoms with Crippen molar-refractivity contribution in [2.45, 2.75) is 72.6 Å². The number of pyridine rings is 1. The maximum absolute atomic E-state index is 4.73. The van der Waals surface area contributed by atoms with Gasteiger partial charge in [-0.05, 0) is 96.7 Å². The largest absolute Gasteiger partial charge is 0.257 e. The van der Waals surface area contributed by atoms with Crippen molar-refractivity contribution in [1.82, 2.24) is 4.98 Å². The van der Waals surface area contributed by atoms with Gasteiger partial charge in [-0.1, -0.05) is 51.5 Å². The molecule has 0 amide bonds. The van der Waals surface area contributed by atoms with Gasteiger partial charge in [0.2, 0.25) is 0 Å². The van der Waals surface area contributed by atoms with Crippen LogP contribution in [0.25, 0.3) is 5.57 Å². The van der Waals surface area contributed by atoms with Crippen LogP contribution in [0.2, 0.25) is 0 Å². The lowest BCUT2D eigenvalue weighted by Crippen LogP contribution is -2.55. The monoisotopic (exact) mass is 361 g/mol. The van der Waals surface area contributed by atoms with Crippen LogP contribution in [0, 0.1) is 34.0 Å². The zero-order valence-electron chi connectivity index (χ0n) is 17.6. The molecule has 0 radical (unpaired) electrons. The Kier molecular flexibility index (Phi) is 3.81. The van der Waals surface area contributed by atoms with Crippen molar-refractivity contribution in [3.63, 3.8) is 0 Å². The second-order valence-electron chi connectivity index (χ2n) is 10.8. The maximum atomic E-state index is 4.73. The Balaban J connectivity index is 1.53. The molecule has 0 bridgehead atoms. The molecule has 1 heterocycles. The molecule has 6 atom stereocenters. The highest BCUT2D eigenvalue weighted by Crippen LogP contribution is 2.71. The number of fused-ring (bicyclic) bond motifs is 5.